The molecule has 0 fully saturated rings. The van der Waals surface area contributed by atoms with E-state index in [1.54, 1.807) is 0 Å². The maximum atomic E-state index is 8.68. The first-order chi connectivity index (χ1) is 7.72. The molecule has 0 unspecified atom stereocenters. The lowest BCUT2D eigenvalue weighted by Crippen LogP contribution is -1.80. The fraction of sp³-hybridized carbons (Fsp3) is 0.167. The molecule has 0 amide bonds. The number of aryl methyl sites for hydroxylation is 1. The minimum atomic E-state index is 0.411. The van der Waals surface area contributed by atoms with Crippen molar-refractivity contribution in [2.24, 2.45) is 0 Å². The summed E-state index contributed by atoms with van der Waals surface area (Å²) in [5.74, 6) is 0. The molecule has 0 N–H and O–H groups in total. The molecular formula is C12H9ClN2S. The van der Waals surface area contributed by atoms with Gasteiger partial charge in [0.15, 0.2) is 0 Å². The van der Waals surface area contributed by atoms with Gasteiger partial charge in [0.1, 0.15) is 5.01 Å². The Hall–Kier alpha value is -1.37. The van der Waals surface area contributed by atoms with Crippen molar-refractivity contribution in [1.29, 1.82) is 5.26 Å². The summed E-state index contributed by atoms with van der Waals surface area (Å²) in [4.78, 5) is 5.45. The summed E-state index contributed by atoms with van der Waals surface area (Å²) < 4.78 is 0. The van der Waals surface area contributed by atoms with Gasteiger partial charge in [-0.05, 0) is 13.0 Å². The highest BCUT2D eigenvalue weighted by atomic mass is 35.5. The van der Waals surface area contributed by atoms with Crippen LogP contribution in [0.25, 0.3) is 10.6 Å². The molecule has 0 aliphatic heterocycles. The average Bonchev–Trinajstić information content (AvgIpc) is 2.61. The summed E-state index contributed by atoms with van der Waals surface area (Å²) in [6.07, 6.45) is 0.411. The zero-order valence-electron chi connectivity index (χ0n) is 8.70. The van der Waals surface area contributed by atoms with Gasteiger partial charge in [-0.3, -0.25) is 0 Å². The average molecular weight is 249 g/mol. The fourth-order valence-corrected chi connectivity index (χ4v) is 2.73. The molecule has 4 heteroatoms. The number of hydrogen-bond acceptors (Lipinski definition) is 3. The molecule has 2 aromatic rings. The van der Waals surface area contributed by atoms with Gasteiger partial charge in [-0.25, -0.2) is 4.98 Å². The van der Waals surface area contributed by atoms with Gasteiger partial charge in [-0.15, -0.1) is 11.3 Å². The van der Waals surface area contributed by atoms with Crippen LogP contribution in [0.4, 0.5) is 0 Å². The van der Waals surface area contributed by atoms with E-state index in [2.05, 4.69) is 11.1 Å². The molecule has 0 radical (unpaired) electrons. The lowest BCUT2D eigenvalue weighted by atomic mass is 10.2. The van der Waals surface area contributed by atoms with Crippen LogP contribution in [-0.2, 0) is 6.42 Å². The molecule has 0 spiro atoms. The molecule has 2 rings (SSSR count). The van der Waals surface area contributed by atoms with E-state index in [9.17, 15) is 0 Å². The Morgan fingerprint density at radius 2 is 2.19 bits per heavy atom. The van der Waals surface area contributed by atoms with E-state index in [0.717, 1.165) is 21.1 Å². The van der Waals surface area contributed by atoms with Gasteiger partial charge in [0, 0.05) is 10.4 Å². The van der Waals surface area contributed by atoms with Crippen molar-refractivity contribution >= 4 is 22.9 Å². The zero-order valence-corrected chi connectivity index (χ0v) is 10.3. The highest BCUT2D eigenvalue weighted by Crippen LogP contribution is 2.32. The van der Waals surface area contributed by atoms with Gasteiger partial charge in [0.2, 0.25) is 0 Å². The number of nitriles is 1. The SMILES string of the molecule is Cc1nc(-c2ccccc2Cl)sc1CC#N. The smallest absolute Gasteiger partial charge is 0.125 e. The van der Waals surface area contributed by atoms with E-state index in [1.807, 2.05) is 31.2 Å². The molecule has 2 nitrogen and oxygen atoms in total. The number of benzene rings is 1. The van der Waals surface area contributed by atoms with E-state index >= 15 is 0 Å². The van der Waals surface area contributed by atoms with Crippen molar-refractivity contribution in [3.8, 4) is 16.6 Å². The van der Waals surface area contributed by atoms with E-state index in [4.69, 9.17) is 16.9 Å². The Morgan fingerprint density at radius 1 is 1.44 bits per heavy atom. The van der Waals surface area contributed by atoms with E-state index in [1.165, 1.54) is 11.3 Å². The predicted octanol–water partition coefficient (Wildman–Crippen LogP) is 3.84. The largest absolute Gasteiger partial charge is 0.241 e. The van der Waals surface area contributed by atoms with Gasteiger partial charge in [-0.1, -0.05) is 29.8 Å². The summed E-state index contributed by atoms with van der Waals surface area (Å²) in [5.41, 5.74) is 1.85. The van der Waals surface area contributed by atoms with Crippen LogP contribution in [0, 0.1) is 18.3 Å². The normalized spacial score (nSPS) is 10.1. The van der Waals surface area contributed by atoms with E-state index in [-0.39, 0.29) is 0 Å². The Balaban J connectivity index is 2.46. The highest BCUT2D eigenvalue weighted by molar-refractivity contribution is 7.15. The summed E-state index contributed by atoms with van der Waals surface area (Å²) in [6.45, 7) is 1.92. The van der Waals surface area contributed by atoms with Crippen LogP contribution in [0.15, 0.2) is 24.3 Å². The first kappa shape index (κ1) is 11.1. The molecule has 0 bridgehead atoms. The van der Waals surface area contributed by atoms with Crippen LogP contribution in [0.1, 0.15) is 10.6 Å². The van der Waals surface area contributed by atoms with Gasteiger partial charge in [-0.2, -0.15) is 5.26 Å². The molecule has 1 heterocycles. The summed E-state index contributed by atoms with van der Waals surface area (Å²) in [6, 6.07) is 9.75. The van der Waals surface area contributed by atoms with Gasteiger partial charge < -0.3 is 0 Å². The van der Waals surface area contributed by atoms with Crippen LogP contribution in [0.5, 0.6) is 0 Å². The molecular weight excluding hydrogens is 240 g/mol. The lowest BCUT2D eigenvalue weighted by molar-refractivity contribution is 1.18. The molecule has 1 aromatic carbocycles. The lowest BCUT2D eigenvalue weighted by Gasteiger charge is -1.97. The molecule has 1 aromatic heterocycles. The predicted molar refractivity (Wildman–Crippen MR) is 66.6 cm³/mol. The first-order valence-corrected chi connectivity index (χ1v) is 6.00. The summed E-state index contributed by atoms with van der Waals surface area (Å²) in [7, 11) is 0. The van der Waals surface area contributed by atoms with Crippen LogP contribution >= 0.6 is 22.9 Å². The number of rotatable bonds is 2. The number of thiazole rings is 1. The third-order valence-electron chi connectivity index (χ3n) is 2.24. The van der Waals surface area contributed by atoms with Crippen molar-refractivity contribution < 1.29 is 0 Å². The third kappa shape index (κ3) is 2.08. The van der Waals surface area contributed by atoms with Crippen molar-refractivity contribution in [3.05, 3.63) is 39.9 Å². The van der Waals surface area contributed by atoms with Crippen molar-refractivity contribution in [2.45, 2.75) is 13.3 Å². The van der Waals surface area contributed by atoms with Crippen LogP contribution in [0.3, 0.4) is 0 Å². The first-order valence-electron chi connectivity index (χ1n) is 4.80. The highest BCUT2D eigenvalue weighted by Gasteiger charge is 2.11. The van der Waals surface area contributed by atoms with E-state index < -0.39 is 0 Å². The Kier molecular flexibility index (Phi) is 3.23. The molecule has 80 valence electrons. The van der Waals surface area contributed by atoms with Crippen molar-refractivity contribution in [3.63, 3.8) is 0 Å². The monoisotopic (exact) mass is 248 g/mol. The number of nitrogens with zero attached hydrogens (tertiary/aromatic N) is 2. The Bertz CT molecular complexity index is 554. The zero-order chi connectivity index (χ0) is 11.5. The van der Waals surface area contributed by atoms with Gasteiger partial charge in [0.05, 0.1) is 23.2 Å². The number of aromatic nitrogens is 1. The minimum Gasteiger partial charge on any atom is -0.241 e. The second-order valence-corrected chi connectivity index (χ2v) is 4.83. The molecule has 16 heavy (non-hydrogen) atoms. The van der Waals surface area contributed by atoms with Gasteiger partial charge >= 0.3 is 0 Å². The maximum absolute atomic E-state index is 8.68. The third-order valence-corrected chi connectivity index (χ3v) is 3.76. The fourth-order valence-electron chi connectivity index (χ4n) is 1.41. The second-order valence-electron chi connectivity index (χ2n) is 3.34. The van der Waals surface area contributed by atoms with Crippen LogP contribution in [0.2, 0.25) is 5.02 Å². The minimum absolute atomic E-state index is 0.411. The Labute approximate surface area is 103 Å². The summed E-state index contributed by atoms with van der Waals surface area (Å²) in [5, 5.41) is 10.3. The maximum Gasteiger partial charge on any atom is 0.125 e. The quantitative estimate of drug-likeness (QED) is 0.810. The van der Waals surface area contributed by atoms with Crippen LogP contribution < -0.4 is 0 Å². The van der Waals surface area contributed by atoms with Crippen molar-refractivity contribution in [2.75, 3.05) is 0 Å². The molecule has 0 atom stereocenters. The van der Waals surface area contributed by atoms with E-state index in [0.29, 0.717) is 11.4 Å². The summed E-state index contributed by atoms with van der Waals surface area (Å²) >= 11 is 7.63. The molecule has 0 saturated carbocycles. The Morgan fingerprint density at radius 3 is 2.88 bits per heavy atom. The number of hydrogen-bond donors (Lipinski definition) is 0. The standard InChI is InChI=1S/C12H9ClN2S/c1-8-11(6-7-14)16-12(15-8)9-4-2-3-5-10(9)13/h2-5H,6H2,1H3. The second kappa shape index (κ2) is 4.65. The molecule has 0 aliphatic rings. The van der Waals surface area contributed by atoms with Crippen LogP contribution in [-0.4, -0.2) is 4.98 Å². The van der Waals surface area contributed by atoms with Crippen molar-refractivity contribution in [1.82, 2.24) is 4.98 Å². The number of halogens is 1. The molecule has 0 aliphatic carbocycles. The molecule has 0 saturated heterocycles. The van der Waals surface area contributed by atoms with Gasteiger partial charge in [0.25, 0.3) is 0 Å². The topological polar surface area (TPSA) is 36.7 Å².